The van der Waals surface area contributed by atoms with Gasteiger partial charge in [0.05, 0.1) is 29.0 Å². The van der Waals surface area contributed by atoms with Crippen molar-refractivity contribution >= 4 is 11.8 Å². The van der Waals surface area contributed by atoms with Crippen molar-refractivity contribution in [3.63, 3.8) is 0 Å². The average Bonchev–Trinajstić information content (AvgIpc) is 3.20. The maximum Gasteiger partial charge on any atom is 0.338 e. The lowest BCUT2D eigenvalue weighted by molar-refractivity contribution is -0.177. The average molecular weight is 585 g/mol. The fraction of sp³-hybridized carbons (Fsp3) is 0.706. The van der Waals surface area contributed by atoms with Gasteiger partial charge in [0.25, 0.3) is 0 Å². The summed E-state index contributed by atoms with van der Waals surface area (Å²) < 4.78 is 6.00. The molecule has 8 nitrogen and oxygen atoms in total. The lowest BCUT2D eigenvalue weighted by Gasteiger charge is -2.60. The number of ketones is 1. The Kier molecular flexibility index (Phi) is 7.84. The Morgan fingerprint density at radius 3 is 2.33 bits per heavy atom. The molecule has 42 heavy (non-hydrogen) atoms. The van der Waals surface area contributed by atoms with Crippen molar-refractivity contribution in [2.45, 2.75) is 121 Å². The molecule has 3 saturated carbocycles. The van der Waals surface area contributed by atoms with Crippen LogP contribution >= 0.6 is 0 Å². The minimum atomic E-state index is -1.54. The zero-order chi connectivity index (χ0) is 30.9. The van der Waals surface area contributed by atoms with E-state index < -0.39 is 63.8 Å². The number of ether oxygens (including phenoxy) is 1. The first-order valence-electron chi connectivity index (χ1n) is 15.5. The Labute approximate surface area is 248 Å². The first-order chi connectivity index (χ1) is 19.4. The molecule has 232 valence electrons. The summed E-state index contributed by atoms with van der Waals surface area (Å²) in [6, 6.07) is 8.60. The zero-order valence-corrected chi connectivity index (χ0v) is 25.5. The summed E-state index contributed by atoms with van der Waals surface area (Å²) in [7, 11) is 0. The molecule has 4 aliphatic carbocycles. The van der Waals surface area contributed by atoms with Gasteiger partial charge in [-0.2, -0.15) is 0 Å². The van der Waals surface area contributed by atoms with E-state index in [9.17, 15) is 35.1 Å². The Balaban J connectivity index is 1.48. The van der Waals surface area contributed by atoms with Gasteiger partial charge in [-0.25, -0.2) is 4.79 Å². The molecule has 0 aliphatic heterocycles. The molecule has 0 saturated heterocycles. The number of allylic oxidation sites excluding steroid dienone is 1. The molecule has 2 unspecified atom stereocenters. The van der Waals surface area contributed by atoms with Gasteiger partial charge in [0.2, 0.25) is 0 Å². The van der Waals surface area contributed by atoms with Crippen LogP contribution in [0.25, 0.3) is 0 Å². The summed E-state index contributed by atoms with van der Waals surface area (Å²) in [6.45, 7) is 9.00. The number of rotatable bonds is 7. The molecule has 3 fully saturated rings. The molecule has 0 radical (unpaired) electrons. The van der Waals surface area contributed by atoms with Gasteiger partial charge >= 0.3 is 5.97 Å². The Morgan fingerprint density at radius 1 is 1.02 bits per heavy atom. The zero-order valence-electron chi connectivity index (χ0n) is 25.5. The second-order valence-electron chi connectivity index (χ2n) is 14.9. The van der Waals surface area contributed by atoms with Crippen molar-refractivity contribution in [2.75, 3.05) is 0 Å². The van der Waals surface area contributed by atoms with E-state index >= 15 is 0 Å². The van der Waals surface area contributed by atoms with Gasteiger partial charge in [-0.1, -0.05) is 32.0 Å². The van der Waals surface area contributed by atoms with E-state index in [0.717, 1.165) is 0 Å². The van der Waals surface area contributed by atoms with Crippen LogP contribution in [-0.2, 0) is 9.53 Å². The van der Waals surface area contributed by atoms with Crippen molar-refractivity contribution in [3.8, 4) is 0 Å². The van der Waals surface area contributed by atoms with Crippen LogP contribution in [0.15, 0.2) is 42.0 Å². The van der Waals surface area contributed by atoms with Gasteiger partial charge in [-0.3, -0.25) is 4.79 Å². The number of carbonyl (C=O) groups is 2. The van der Waals surface area contributed by atoms with Crippen molar-refractivity contribution in [1.82, 2.24) is 0 Å². The molecular formula is C34H48O8. The third-order valence-corrected chi connectivity index (χ3v) is 11.8. The number of hydrogen-bond acceptors (Lipinski definition) is 8. The second-order valence-corrected chi connectivity index (χ2v) is 14.9. The number of aliphatic hydroxyl groups excluding tert-OH is 2. The van der Waals surface area contributed by atoms with Gasteiger partial charge in [-0.05, 0) is 113 Å². The number of hydrogen-bond donors (Lipinski definition) is 5. The fourth-order valence-electron chi connectivity index (χ4n) is 9.26. The van der Waals surface area contributed by atoms with E-state index in [1.54, 1.807) is 57.2 Å². The number of fused-ring (bicyclic) bond motifs is 5. The molecule has 4 aliphatic rings. The maximum atomic E-state index is 13.5. The van der Waals surface area contributed by atoms with Gasteiger partial charge in [-0.15, -0.1) is 0 Å². The molecule has 0 aromatic heterocycles. The van der Waals surface area contributed by atoms with E-state index in [-0.39, 0.29) is 31.0 Å². The number of carbonyl (C=O) groups excluding carboxylic acids is 2. The Morgan fingerprint density at radius 2 is 1.69 bits per heavy atom. The van der Waals surface area contributed by atoms with Crippen LogP contribution in [0.5, 0.6) is 0 Å². The third kappa shape index (κ3) is 4.97. The molecule has 5 rings (SSSR count). The largest absolute Gasteiger partial charge is 0.456 e. The van der Waals surface area contributed by atoms with Crippen molar-refractivity contribution in [3.05, 3.63) is 47.5 Å². The van der Waals surface area contributed by atoms with Crippen LogP contribution in [0.1, 0.15) is 96.3 Å². The molecule has 5 N–H and O–H groups in total. The predicted octanol–water partition coefficient (Wildman–Crippen LogP) is 3.72. The quantitative estimate of drug-likeness (QED) is 0.305. The topological polar surface area (TPSA) is 145 Å². The van der Waals surface area contributed by atoms with Gasteiger partial charge in [0.1, 0.15) is 11.7 Å². The molecule has 10 atom stereocenters. The maximum absolute atomic E-state index is 13.5. The molecule has 1 aromatic carbocycles. The minimum absolute atomic E-state index is 0.123. The highest BCUT2D eigenvalue weighted by atomic mass is 16.6. The van der Waals surface area contributed by atoms with Gasteiger partial charge in [0.15, 0.2) is 5.78 Å². The molecule has 0 spiro atoms. The van der Waals surface area contributed by atoms with Crippen molar-refractivity contribution in [1.29, 1.82) is 0 Å². The Hall–Kier alpha value is -2.10. The molecule has 0 amide bonds. The summed E-state index contributed by atoms with van der Waals surface area (Å²) in [4.78, 5) is 26.7. The molecule has 0 bridgehead atoms. The summed E-state index contributed by atoms with van der Waals surface area (Å²) in [6.07, 6.45) is 1.84. The summed E-state index contributed by atoms with van der Waals surface area (Å²) >= 11 is 0. The number of benzene rings is 1. The van der Waals surface area contributed by atoms with Gasteiger partial charge in [0, 0.05) is 11.3 Å². The Bertz CT molecular complexity index is 1230. The highest BCUT2D eigenvalue weighted by Gasteiger charge is 2.69. The smallest absolute Gasteiger partial charge is 0.338 e. The van der Waals surface area contributed by atoms with Crippen LogP contribution in [0.2, 0.25) is 0 Å². The lowest BCUT2D eigenvalue weighted by Crippen LogP contribution is -2.63. The van der Waals surface area contributed by atoms with Crippen LogP contribution < -0.4 is 0 Å². The van der Waals surface area contributed by atoms with Crippen LogP contribution in [-0.4, -0.2) is 72.4 Å². The lowest BCUT2D eigenvalue weighted by atomic mass is 9.45. The summed E-state index contributed by atoms with van der Waals surface area (Å²) in [5, 5.41) is 56.3. The fourth-order valence-corrected chi connectivity index (χ4v) is 9.26. The van der Waals surface area contributed by atoms with Gasteiger partial charge < -0.3 is 30.3 Å². The van der Waals surface area contributed by atoms with E-state index in [1.165, 1.54) is 0 Å². The number of aliphatic hydroxyl groups is 5. The SMILES string of the molecule is CC(C)(O)CC[C@H](OC(=O)c1ccccc1)[C@](C)(O)C1CC[C@@]2(O)C3=CC(=O)[C@@H]4C[C@@H](O)[C@H](O)C[C@]4(C)C3CC[C@]12C. The first-order valence-corrected chi connectivity index (χ1v) is 15.5. The normalized spacial score (nSPS) is 40.2. The highest BCUT2D eigenvalue weighted by Crippen LogP contribution is 2.68. The highest BCUT2D eigenvalue weighted by molar-refractivity contribution is 5.95. The molecular weight excluding hydrogens is 536 g/mol. The predicted molar refractivity (Wildman–Crippen MR) is 156 cm³/mol. The van der Waals surface area contributed by atoms with Crippen LogP contribution in [0.3, 0.4) is 0 Å². The first kappa shape index (κ1) is 31.3. The molecule has 8 heteroatoms. The second kappa shape index (κ2) is 10.5. The minimum Gasteiger partial charge on any atom is -0.456 e. The van der Waals surface area contributed by atoms with E-state index in [2.05, 4.69) is 0 Å². The third-order valence-electron chi connectivity index (χ3n) is 11.8. The van der Waals surface area contributed by atoms with Crippen molar-refractivity contribution < 1.29 is 39.9 Å². The van der Waals surface area contributed by atoms with E-state index in [0.29, 0.717) is 43.2 Å². The number of esters is 1. The van der Waals surface area contributed by atoms with E-state index in [1.807, 2.05) is 13.8 Å². The monoisotopic (exact) mass is 584 g/mol. The van der Waals surface area contributed by atoms with Crippen LogP contribution in [0.4, 0.5) is 0 Å². The van der Waals surface area contributed by atoms with E-state index in [4.69, 9.17) is 4.74 Å². The van der Waals surface area contributed by atoms with Crippen molar-refractivity contribution in [2.24, 2.45) is 28.6 Å². The van der Waals surface area contributed by atoms with Crippen LogP contribution in [0, 0.1) is 28.6 Å². The summed E-state index contributed by atoms with van der Waals surface area (Å²) in [5.41, 5.74) is -4.30. The molecule has 0 heterocycles. The standard InChI is InChI=1S/C34H48O8/c1-30(2,39)14-13-28(42-29(38)20-9-7-6-8-10-20)33(5,40)27-12-16-34(41)22-17-24(35)23-18-25(36)26(37)19-31(23,3)21(22)11-15-32(27,34)4/h6-10,17,21,23,25-28,36-37,39-41H,11-16,18-19H2,1-5H3/t21?,23-,25+,26+,27?,28-,31+,32+,33+,34+/m0/s1. The molecule has 1 aromatic rings. The summed E-state index contributed by atoms with van der Waals surface area (Å²) in [5.74, 6) is -1.70.